The molecule has 0 bridgehead atoms. The molecule has 2 aromatic carbocycles. The van der Waals surface area contributed by atoms with E-state index in [1.54, 1.807) is 0 Å². The number of hydrogen-bond acceptors (Lipinski definition) is 3. The Labute approximate surface area is 136 Å². The minimum Gasteiger partial charge on any atom is -0.352 e. The van der Waals surface area contributed by atoms with Gasteiger partial charge in [-0.15, -0.1) is 0 Å². The van der Waals surface area contributed by atoms with Gasteiger partial charge in [0.2, 0.25) is 5.91 Å². The second kappa shape index (κ2) is 6.14. The van der Waals surface area contributed by atoms with Crippen molar-refractivity contribution in [2.24, 2.45) is 5.92 Å². The number of fused-ring (bicyclic) bond motifs is 1. The van der Waals surface area contributed by atoms with Crippen LogP contribution in [0.4, 0.5) is 0 Å². The summed E-state index contributed by atoms with van der Waals surface area (Å²) in [6.07, 6.45) is 1.87. The third-order valence-electron chi connectivity index (χ3n) is 4.87. The molecule has 4 rings (SSSR count). The van der Waals surface area contributed by atoms with Crippen LogP contribution in [0.5, 0.6) is 0 Å². The van der Waals surface area contributed by atoms with Crippen molar-refractivity contribution in [2.75, 3.05) is 6.54 Å². The molecule has 1 heterocycles. The lowest BCUT2D eigenvalue weighted by molar-refractivity contribution is -0.125. The molecule has 2 atom stereocenters. The van der Waals surface area contributed by atoms with Gasteiger partial charge >= 0.3 is 0 Å². The molecule has 4 nitrogen and oxygen atoms in total. The van der Waals surface area contributed by atoms with Gasteiger partial charge in [0.1, 0.15) is 0 Å². The summed E-state index contributed by atoms with van der Waals surface area (Å²) in [5, 5.41) is 3.25. The third-order valence-corrected chi connectivity index (χ3v) is 4.87. The average Bonchev–Trinajstić information content (AvgIpc) is 3.22. The predicted octanol–water partition coefficient (Wildman–Crippen LogP) is 1.74. The Hall–Kier alpha value is -2.17. The summed E-state index contributed by atoms with van der Waals surface area (Å²) >= 11 is 0. The minimum atomic E-state index is -0.0823. The molecule has 1 aliphatic heterocycles. The van der Waals surface area contributed by atoms with Crippen molar-refractivity contribution in [1.29, 1.82) is 0 Å². The number of benzene rings is 2. The van der Waals surface area contributed by atoms with Gasteiger partial charge in [-0.1, -0.05) is 54.6 Å². The molecule has 1 aliphatic carbocycles. The van der Waals surface area contributed by atoms with E-state index in [2.05, 4.69) is 52.6 Å². The van der Waals surface area contributed by atoms with Crippen LogP contribution in [0.15, 0.2) is 54.6 Å². The molecule has 118 valence electrons. The number of hydrogen-bond donors (Lipinski definition) is 3. The second-order valence-electron chi connectivity index (χ2n) is 6.40. The van der Waals surface area contributed by atoms with Crippen LogP contribution in [-0.4, -0.2) is 18.5 Å². The number of nitrogens with one attached hydrogen (secondary N) is 3. The first-order valence-corrected chi connectivity index (χ1v) is 8.22. The molecule has 1 saturated heterocycles. The SMILES string of the molecule is O=C(NC1Cc2ccccc2C1)C1CNNC1c1ccccc1. The predicted molar refractivity (Wildman–Crippen MR) is 89.6 cm³/mol. The number of rotatable bonds is 3. The largest absolute Gasteiger partial charge is 0.352 e. The van der Waals surface area contributed by atoms with E-state index in [4.69, 9.17) is 0 Å². The summed E-state index contributed by atoms with van der Waals surface area (Å²) in [5.74, 6) is 0.0512. The number of hydrazine groups is 1. The van der Waals surface area contributed by atoms with E-state index in [-0.39, 0.29) is 23.9 Å². The fourth-order valence-corrected chi connectivity index (χ4v) is 3.69. The highest BCUT2D eigenvalue weighted by Gasteiger charge is 2.35. The quantitative estimate of drug-likeness (QED) is 0.809. The lowest BCUT2D eigenvalue weighted by Crippen LogP contribution is -2.41. The normalized spacial score (nSPS) is 23.7. The first-order valence-electron chi connectivity index (χ1n) is 8.22. The molecule has 0 aromatic heterocycles. The first-order chi connectivity index (χ1) is 11.3. The van der Waals surface area contributed by atoms with Gasteiger partial charge in [0.15, 0.2) is 0 Å². The molecule has 1 fully saturated rings. The highest BCUT2D eigenvalue weighted by atomic mass is 16.2. The van der Waals surface area contributed by atoms with Crippen LogP contribution in [0.3, 0.4) is 0 Å². The molecule has 3 N–H and O–H groups in total. The van der Waals surface area contributed by atoms with E-state index < -0.39 is 0 Å². The second-order valence-corrected chi connectivity index (χ2v) is 6.40. The minimum absolute atomic E-state index is 0.0278. The molecular weight excluding hydrogens is 286 g/mol. The van der Waals surface area contributed by atoms with Gasteiger partial charge in [0.05, 0.1) is 12.0 Å². The van der Waals surface area contributed by atoms with E-state index in [0.29, 0.717) is 6.54 Å². The Morgan fingerprint density at radius 3 is 2.30 bits per heavy atom. The summed E-state index contributed by atoms with van der Waals surface area (Å²) in [7, 11) is 0. The molecular formula is C19H21N3O. The fourth-order valence-electron chi connectivity index (χ4n) is 3.69. The summed E-state index contributed by atoms with van der Waals surface area (Å²) < 4.78 is 0. The highest BCUT2D eigenvalue weighted by Crippen LogP contribution is 2.26. The summed E-state index contributed by atoms with van der Waals surface area (Å²) in [5.41, 5.74) is 10.2. The van der Waals surface area contributed by atoms with Gasteiger partial charge in [-0.3, -0.25) is 10.2 Å². The van der Waals surface area contributed by atoms with Crippen LogP contribution in [0.1, 0.15) is 22.7 Å². The van der Waals surface area contributed by atoms with Gasteiger partial charge in [-0.2, -0.15) is 0 Å². The lowest BCUT2D eigenvalue weighted by Gasteiger charge is -2.21. The zero-order chi connectivity index (χ0) is 15.6. The van der Waals surface area contributed by atoms with Crippen LogP contribution < -0.4 is 16.2 Å². The van der Waals surface area contributed by atoms with Crippen molar-refractivity contribution in [2.45, 2.75) is 24.9 Å². The van der Waals surface area contributed by atoms with Crippen molar-refractivity contribution in [3.8, 4) is 0 Å². The highest BCUT2D eigenvalue weighted by molar-refractivity contribution is 5.80. The number of amides is 1. The van der Waals surface area contributed by atoms with Gasteiger partial charge in [-0.05, 0) is 29.5 Å². The average molecular weight is 307 g/mol. The van der Waals surface area contributed by atoms with E-state index in [9.17, 15) is 4.79 Å². The standard InChI is InChI=1S/C19H21N3O/c23-19(21-16-10-14-8-4-5-9-15(14)11-16)17-12-20-22-18(17)13-6-2-1-3-7-13/h1-9,16-18,20,22H,10-12H2,(H,21,23). The van der Waals surface area contributed by atoms with Crippen molar-refractivity contribution in [3.05, 3.63) is 71.3 Å². The Morgan fingerprint density at radius 1 is 0.957 bits per heavy atom. The van der Waals surface area contributed by atoms with Crippen molar-refractivity contribution in [1.82, 2.24) is 16.2 Å². The smallest absolute Gasteiger partial charge is 0.226 e. The maximum atomic E-state index is 12.7. The molecule has 0 spiro atoms. The van der Waals surface area contributed by atoms with Crippen LogP contribution in [0.25, 0.3) is 0 Å². The van der Waals surface area contributed by atoms with E-state index >= 15 is 0 Å². The van der Waals surface area contributed by atoms with Gasteiger partial charge in [0.25, 0.3) is 0 Å². The summed E-state index contributed by atoms with van der Waals surface area (Å²) in [6.45, 7) is 0.658. The van der Waals surface area contributed by atoms with E-state index in [1.807, 2.05) is 18.2 Å². The van der Waals surface area contributed by atoms with E-state index in [0.717, 1.165) is 18.4 Å². The Kier molecular flexibility index (Phi) is 3.85. The van der Waals surface area contributed by atoms with Crippen molar-refractivity contribution in [3.63, 3.8) is 0 Å². The zero-order valence-corrected chi connectivity index (χ0v) is 13.0. The number of carbonyl (C=O) groups excluding carboxylic acids is 1. The lowest BCUT2D eigenvalue weighted by atomic mass is 9.94. The van der Waals surface area contributed by atoms with Crippen LogP contribution in [0.2, 0.25) is 0 Å². The molecule has 2 unspecified atom stereocenters. The topological polar surface area (TPSA) is 53.2 Å². The molecule has 23 heavy (non-hydrogen) atoms. The fraction of sp³-hybridized carbons (Fsp3) is 0.316. The number of carbonyl (C=O) groups is 1. The Morgan fingerprint density at radius 2 is 1.61 bits per heavy atom. The molecule has 1 amide bonds. The third kappa shape index (κ3) is 2.87. The van der Waals surface area contributed by atoms with Crippen LogP contribution in [0, 0.1) is 5.92 Å². The van der Waals surface area contributed by atoms with Crippen LogP contribution in [-0.2, 0) is 17.6 Å². The Bertz CT molecular complexity index is 676. The maximum absolute atomic E-state index is 12.7. The summed E-state index contributed by atoms with van der Waals surface area (Å²) in [4.78, 5) is 12.7. The molecule has 2 aliphatic rings. The maximum Gasteiger partial charge on any atom is 0.226 e. The van der Waals surface area contributed by atoms with Crippen molar-refractivity contribution >= 4 is 5.91 Å². The van der Waals surface area contributed by atoms with Crippen LogP contribution >= 0.6 is 0 Å². The molecule has 0 radical (unpaired) electrons. The van der Waals surface area contributed by atoms with Gasteiger partial charge in [-0.25, -0.2) is 5.43 Å². The molecule has 0 saturated carbocycles. The summed E-state index contributed by atoms with van der Waals surface area (Å²) in [6, 6.07) is 18.9. The van der Waals surface area contributed by atoms with E-state index in [1.165, 1.54) is 11.1 Å². The Balaban J connectivity index is 1.43. The van der Waals surface area contributed by atoms with Crippen molar-refractivity contribution < 1.29 is 4.79 Å². The zero-order valence-electron chi connectivity index (χ0n) is 13.0. The van der Waals surface area contributed by atoms with Gasteiger partial charge < -0.3 is 5.32 Å². The monoisotopic (exact) mass is 307 g/mol. The van der Waals surface area contributed by atoms with Gasteiger partial charge in [0, 0.05) is 12.6 Å². The molecule has 2 aromatic rings. The molecule has 4 heteroatoms. The first kappa shape index (κ1) is 14.4.